The van der Waals surface area contributed by atoms with Crippen LogP contribution in [0.3, 0.4) is 0 Å². The third kappa shape index (κ3) is 1.98. The number of hydrogen-bond donors (Lipinski definition) is 1. The molecule has 4 aromatic heterocycles. The highest BCUT2D eigenvalue weighted by Crippen LogP contribution is 1.99. The topological polar surface area (TPSA) is 97.5 Å². The maximum Gasteiger partial charge on any atom is 0.201 e. The summed E-state index contributed by atoms with van der Waals surface area (Å²) in [6, 6.07) is 5.50. The molecule has 0 bridgehead atoms. The van der Waals surface area contributed by atoms with Gasteiger partial charge in [-0.1, -0.05) is 0 Å². The standard InChI is InChI=1S/2C5H4N4/c1-2-8-9-4-6-3-7-5(1)9;1-2-4-5(6-3-1)8-9-7-4/h1-4H;1-3H,(H,6,7,8,9). The second-order valence-electron chi connectivity index (χ2n) is 3.31. The molecule has 0 saturated heterocycles. The molecule has 0 aromatic carbocycles. The van der Waals surface area contributed by atoms with E-state index in [1.807, 2.05) is 18.2 Å². The van der Waals surface area contributed by atoms with Crippen LogP contribution in [0, 0.1) is 0 Å². The van der Waals surface area contributed by atoms with E-state index in [4.69, 9.17) is 0 Å². The molecule has 4 rings (SSSR count). The summed E-state index contributed by atoms with van der Waals surface area (Å²) in [5, 5.41) is 14.0. The Morgan fingerprint density at radius 3 is 2.94 bits per heavy atom. The number of aromatic nitrogens is 8. The fourth-order valence-electron chi connectivity index (χ4n) is 1.37. The Bertz CT molecular complexity index is 632. The summed E-state index contributed by atoms with van der Waals surface area (Å²) in [7, 11) is 0. The minimum absolute atomic E-state index is 0.664. The van der Waals surface area contributed by atoms with E-state index in [-0.39, 0.29) is 0 Å². The molecule has 0 aliphatic heterocycles. The van der Waals surface area contributed by atoms with Crippen molar-refractivity contribution >= 4 is 16.8 Å². The predicted molar refractivity (Wildman–Crippen MR) is 62.5 cm³/mol. The van der Waals surface area contributed by atoms with Gasteiger partial charge in [0.1, 0.15) is 18.2 Å². The second-order valence-corrected chi connectivity index (χ2v) is 3.31. The van der Waals surface area contributed by atoms with Gasteiger partial charge in [-0.05, 0) is 12.1 Å². The molecule has 0 unspecified atom stereocenters. The van der Waals surface area contributed by atoms with Crippen molar-refractivity contribution in [1.29, 1.82) is 0 Å². The number of nitrogens with zero attached hydrogens (tertiary/aromatic N) is 7. The van der Waals surface area contributed by atoms with Gasteiger partial charge in [0.2, 0.25) is 5.65 Å². The lowest BCUT2D eigenvalue weighted by Gasteiger charge is -1.84. The first kappa shape index (κ1) is 10.3. The summed E-state index contributed by atoms with van der Waals surface area (Å²) in [4.78, 5) is 11.6. The zero-order valence-electron chi connectivity index (χ0n) is 9.17. The minimum Gasteiger partial charge on any atom is -0.234 e. The van der Waals surface area contributed by atoms with E-state index in [1.54, 1.807) is 23.2 Å². The van der Waals surface area contributed by atoms with Gasteiger partial charge in [-0.25, -0.2) is 19.5 Å². The van der Waals surface area contributed by atoms with Gasteiger partial charge in [0.25, 0.3) is 0 Å². The van der Waals surface area contributed by atoms with Crippen LogP contribution in [-0.2, 0) is 0 Å². The zero-order chi connectivity index (χ0) is 12.2. The van der Waals surface area contributed by atoms with Gasteiger partial charge in [0.05, 0.1) is 6.20 Å². The highest BCUT2D eigenvalue weighted by Gasteiger charge is 1.92. The van der Waals surface area contributed by atoms with Gasteiger partial charge in [0.15, 0.2) is 5.65 Å². The van der Waals surface area contributed by atoms with E-state index in [2.05, 4.69) is 35.5 Å². The molecule has 4 aromatic rings. The number of nitrogens with one attached hydrogen (secondary N) is 1. The van der Waals surface area contributed by atoms with E-state index in [0.717, 1.165) is 11.2 Å². The van der Waals surface area contributed by atoms with E-state index >= 15 is 0 Å². The number of hydrogen-bond acceptors (Lipinski definition) is 6. The van der Waals surface area contributed by atoms with Gasteiger partial charge < -0.3 is 0 Å². The molecular formula is C10H8N8. The molecular weight excluding hydrogens is 232 g/mol. The highest BCUT2D eigenvalue weighted by molar-refractivity contribution is 5.67. The largest absolute Gasteiger partial charge is 0.234 e. The van der Waals surface area contributed by atoms with Crippen LogP contribution in [0.15, 0.2) is 43.2 Å². The Morgan fingerprint density at radius 1 is 1.06 bits per heavy atom. The third-order valence-electron chi connectivity index (χ3n) is 2.17. The summed E-state index contributed by atoms with van der Waals surface area (Å²) in [6.45, 7) is 0. The van der Waals surface area contributed by atoms with E-state index in [1.165, 1.54) is 6.33 Å². The van der Waals surface area contributed by atoms with E-state index in [0.29, 0.717) is 5.65 Å². The highest BCUT2D eigenvalue weighted by atomic mass is 15.3. The minimum atomic E-state index is 0.664. The third-order valence-corrected chi connectivity index (χ3v) is 2.17. The second kappa shape index (κ2) is 4.53. The van der Waals surface area contributed by atoms with Crippen molar-refractivity contribution in [3.05, 3.63) is 43.2 Å². The maximum atomic E-state index is 3.94. The lowest BCUT2D eigenvalue weighted by molar-refractivity contribution is 0.891. The average molecular weight is 240 g/mol. The first-order chi connectivity index (χ1) is 8.93. The van der Waals surface area contributed by atoms with Crippen LogP contribution in [0.2, 0.25) is 0 Å². The van der Waals surface area contributed by atoms with E-state index in [9.17, 15) is 0 Å². The first-order valence-electron chi connectivity index (χ1n) is 5.14. The van der Waals surface area contributed by atoms with Gasteiger partial charge in [0, 0.05) is 12.3 Å². The fraction of sp³-hybridized carbons (Fsp3) is 0. The van der Waals surface area contributed by atoms with Crippen LogP contribution < -0.4 is 0 Å². The molecule has 0 aliphatic rings. The Morgan fingerprint density at radius 2 is 2.06 bits per heavy atom. The lowest BCUT2D eigenvalue weighted by atomic mass is 10.4. The van der Waals surface area contributed by atoms with Crippen LogP contribution >= 0.6 is 0 Å². The summed E-state index contributed by atoms with van der Waals surface area (Å²) in [5.41, 5.74) is 2.29. The van der Waals surface area contributed by atoms with Crippen LogP contribution in [0.5, 0.6) is 0 Å². The first-order valence-corrected chi connectivity index (χ1v) is 5.14. The quantitative estimate of drug-likeness (QED) is 0.480. The van der Waals surface area contributed by atoms with Crippen molar-refractivity contribution < 1.29 is 0 Å². The molecule has 0 amide bonds. The summed E-state index contributed by atoms with van der Waals surface area (Å²) in [5.74, 6) is 0. The van der Waals surface area contributed by atoms with Crippen LogP contribution in [0.4, 0.5) is 0 Å². The normalized spacial score (nSPS) is 10.2. The maximum absolute atomic E-state index is 3.94. The zero-order valence-corrected chi connectivity index (χ0v) is 9.17. The molecule has 8 heteroatoms. The molecule has 0 spiro atoms. The SMILES string of the molecule is c1cnc2n[nH]nc2c1.c1ncn2nccc2n1. The van der Waals surface area contributed by atoms with Crippen molar-refractivity contribution in [1.82, 2.24) is 40.0 Å². The van der Waals surface area contributed by atoms with Crippen molar-refractivity contribution in [2.75, 3.05) is 0 Å². The van der Waals surface area contributed by atoms with Crippen molar-refractivity contribution in [3.8, 4) is 0 Å². The fourth-order valence-corrected chi connectivity index (χ4v) is 1.37. The molecule has 0 fully saturated rings. The Labute approximate surface area is 101 Å². The summed E-state index contributed by atoms with van der Waals surface area (Å²) >= 11 is 0. The number of pyridine rings is 1. The van der Waals surface area contributed by atoms with Crippen LogP contribution in [-0.4, -0.2) is 40.0 Å². The van der Waals surface area contributed by atoms with Crippen molar-refractivity contribution in [2.45, 2.75) is 0 Å². The molecule has 8 nitrogen and oxygen atoms in total. The molecule has 0 radical (unpaired) electrons. The van der Waals surface area contributed by atoms with Crippen molar-refractivity contribution in [3.63, 3.8) is 0 Å². The number of aromatic amines is 1. The Hall–Kier alpha value is -2.90. The Kier molecular flexibility index (Phi) is 2.59. The number of rotatable bonds is 0. The molecule has 18 heavy (non-hydrogen) atoms. The smallest absolute Gasteiger partial charge is 0.201 e. The molecule has 4 heterocycles. The molecule has 0 aliphatic carbocycles. The molecule has 88 valence electrons. The molecule has 0 saturated carbocycles. The monoisotopic (exact) mass is 240 g/mol. The lowest BCUT2D eigenvalue weighted by Crippen LogP contribution is -1.88. The van der Waals surface area contributed by atoms with Gasteiger partial charge in [-0.3, -0.25) is 0 Å². The van der Waals surface area contributed by atoms with Gasteiger partial charge in [-0.15, -0.1) is 5.10 Å². The van der Waals surface area contributed by atoms with Crippen LogP contribution in [0.1, 0.15) is 0 Å². The average Bonchev–Trinajstić information content (AvgIpc) is 3.08. The Balaban J connectivity index is 0.000000111. The molecule has 1 N–H and O–H groups in total. The van der Waals surface area contributed by atoms with E-state index < -0.39 is 0 Å². The van der Waals surface area contributed by atoms with Crippen LogP contribution in [0.25, 0.3) is 16.8 Å². The number of fused-ring (bicyclic) bond motifs is 2. The van der Waals surface area contributed by atoms with Crippen molar-refractivity contribution in [2.24, 2.45) is 0 Å². The molecule has 0 atom stereocenters. The predicted octanol–water partition coefficient (Wildman–Crippen LogP) is 0.477. The van der Waals surface area contributed by atoms with Gasteiger partial charge in [-0.2, -0.15) is 15.4 Å². The number of H-pyrrole nitrogens is 1. The van der Waals surface area contributed by atoms with Gasteiger partial charge >= 0.3 is 0 Å². The summed E-state index contributed by atoms with van der Waals surface area (Å²) in [6.07, 6.45) is 6.48. The summed E-state index contributed by atoms with van der Waals surface area (Å²) < 4.78 is 1.61.